The normalized spacial score (nSPS) is 11.7. The number of nitrogens with zero attached hydrogens (tertiary/aromatic N) is 3. The predicted octanol–water partition coefficient (Wildman–Crippen LogP) is 6.65. The molecule has 0 radical (unpaired) electrons. The van der Waals surface area contributed by atoms with E-state index in [2.05, 4.69) is 15.3 Å². The van der Waals surface area contributed by atoms with Crippen LogP contribution in [-0.2, 0) is 10.0 Å². The fraction of sp³-hybridized carbons (Fsp3) is 0.156. The molecule has 0 fully saturated rings. The molecule has 224 valence electrons. The Morgan fingerprint density at radius 1 is 1.07 bits per heavy atom. The van der Waals surface area contributed by atoms with E-state index >= 15 is 0 Å². The number of fused-ring (bicyclic) bond motifs is 2. The third-order valence-electron chi connectivity index (χ3n) is 7.37. The molecule has 1 amide bonds. The number of aryl methyl sites for hydroxylation is 1. The molecule has 12 heteroatoms. The Labute approximate surface area is 257 Å². The van der Waals surface area contributed by atoms with Crippen molar-refractivity contribution in [2.24, 2.45) is 0 Å². The van der Waals surface area contributed by atoms with Crippen LogP contribution in [0.15, 0.2) is 71.3 Å². The van der Waals surface area contributed by atoms with Crippen molar-refractivity contribution in [3.05, 3.63) is 83.8 Å². The van der Waals surface area contributed by atoms with Crippen molar-refractivity contribution in [3.63, 3.8) is 0 Å². The van der Waals surface area contributed by atoms with Crippen LogP contribution >= 0.6 is 11.3 Å². The van der Waals surface area contributed by atoms with Gasteiger partial charge in [-0.15, -0.1) is 11.3 Å². The second-order valence-corrected chi connectivity index (χ2v) is 13.3. The van der Waals surface area contributed by atoms with Crippen LogP contribution in [0.4, 0.5) is 10.1 Å². The first-order valence-corrected chi connectivity index (χ1v) is 16.1. The van der Waals surface area contributed by atoms with Gasteiger partial charge in [0.05, 0.1) is 34.9 Å². The Kier molecular flexibility index (Phi) is 7.34. The molecule has 3 aromatic carbocycles. The number of amides is 1. The van der Waals surface area contributed by atoms with Gasteiger partial charge in [-0.3, -0.25) is 9.10 Å². The number of rotatable bonds is 7. The lowest BCUT2D eigenvalue weighted by atomic mass is 9.98. The number of carbonyl (C=O) groups excluding carboxylic acids is 1. The van der Waals surface area contributed by atoms with Gasteiger partial charge in [-0.25, -0.2) is 22.8 Å². The number of benzene rings is 3. The Hall–Kier alpha value is -4.81. The van der Waals surface area contributed by atoms with Crippen molar-refractivity contribution in [2.45, 2.75) is 6.92 Å². The maximum atomic E-state index is 14.5. The minimum absolute atomic E-state index is 0.233. The SMILES string of the molecule is CNC(=O)c1c(-c2ccc(C)cc2)oc2cc(N(C)S(C)(=O)=O)c(-c3cnc(OC)c(-c4nc5c(F)cccc5s4)c3)cc12. The number of furan rings is 1. The fourth-order valence-electron chi connectivity index (χ4n) is 5.01. The molecule has 6 rings (SSSR count). The fourth-order valence-corrected chi connectivity index (χ4v) is 6.50. The van der Waals surface area contributed by atoms with Crippen LogP contribution in [0.25, 0.3) is 54.2 Å². The molecule has 0 aliphatic carbocycles. The first kappa shape index (κ1) is 29.3. The molecule has 3 heterocycles. The minimum Gasteiger partial charge on any atom is -0.480 e. The lowest BCUT2D eigenvalue weighted by Gasteiger charge is -2.21. The number of thiazole rings is 1. The maximum absolute atomic E-state index is 14.5. The van der Waals surface area contributed by atoms with E-state index in [1.165, 1.54) is 38.6 Å². The molecule has 6 aromatic rings. The third kappa shape index (κ3) is 5.05. The van der Waals surface area contributed by atoms with E-state index in [0.29, 0.717) is 59.9 Å². The van der Waals surface area contributed by atoms with Crippen molar-refractivity contribution < 1.29 is 26.8 Å². The van der Waals surface area contributed by atoms with Crippen molar-refractivity contribution in [1.82, 2.24) is 15.3 Å². The van der Waals surface area contributed by atoms with Crippen molar-refractivity contribution >= 4 is 54.1 Å². The number of halogens is 1. The summed E-state index contributed by atoms with van der Waals surface area (Å²) in [6, 6.07) is 17.4. The summed E-state index contributed by atoms with van der Waals surface area (Å²) in [5.74, 6) is -0.181. The van der Waals surface area contributed by atoms with Gasteiger partial charge in [0.1, 0.15) is 27.7 Å². The molecule has 0 bridgehead atoms. The number of sulfonamides is 1. The zero-order valence-electron chi connectivity index (χ0n) is 24.4. The van der Waals surface area contributed by atoms with Gasteiger partial charge in [0.15, 0.2) is 0 Å². The molecule has 0 unspecified atom stereocenters. The summed E-state index contributed by atoms with van der Waals surface area (Å²) in [5.41, 5.74) is 4.41. The number of para-hydroxylation sites is 1. The third-order valence-corrected chi connectivity index (χ3v) is 9.61. The van der Waals surface area contributed by atoms with Crippen molar-refractivity contribution in [3.8, 4) is 38.9 Å². The monoisotopic (exact) mass is 630 g/mol. The number of ether oxygens (including phenoxy) is 1. The number of pyridine rings is 1. The van der Waals surface area contributed by atoms with Crippen LogP contribution in [0, 0.1) is 12.7 Å². The van der Waals surface area contributed by atoms with Crippen molar-refractivity contribution in [2.75, 3.05) is 31.8 Å². The number of hydrogen-bond acceptors (Lipinski definition) is 8. The van der Waals surface area contributed by atoms with Gasteiger partial charge in [-0.05, 0) is 31.2 Å². The first-order valence-electron chi connectivity index (χ1n) is 13.4. The Morgan fingerprint density at radius 3 is 2.48 bits per heavy atom. The summed E-state index contributed by atoms with van der Waals surface area (Å²) in [6.45, 7) is 1.96. The smallest absolute Gasteiger partial charge is 0.255 e. The summed E-state index contributed by atoms with van der Waals surface area (Å²) in [4.78, 5) is 22.3. The molecule has 0 saturated carbocycles. The van der Waals surface area contributed by atoms with Crippen LogP contribution in [0.3, 0.4) is 0 Å². The Morgan fingerprint density at radius 2 is 1.82 bits per heavy atom. The highest BCUT2D eigenvalue weighted by Crippen LogP contribution is 2.43. The van der Waals surface area contributed by atoms with E-state index in [1.54, 1.807) is 36.5 Å². The minimum atomic E-state index is -3.72. The molecular formula is C32H27FN4O5S2. The summed E-state index contributed by atoms with van der Waals surface area (Å²) < 4.78 is 53.7. The first-order chi connectivity index (χ1) is 21.0. The van der Waals surface area contributed by atoms with Crippen LogP contribution in [0.1, 0.15) is 15.9 Å². The average Bonchev–Trinajstić information content (AvgIpc) is 3.62. The molecule has 0 spiro atoms. The van der Waals surface area contributed by atoms with Crippen LogP contribution in [0.5, 0.6) is 5.88 Å². The highest BCUT2D eigenvalue weighted by atomic mass is 32.2. The second kappa shape index (κ2) is 11.0. The number of aromatic nitrogens is 2. The lowest BCUT2D eigenvalue weighted by Crippen LogP contribution is -2.25. The van der Waals surface area contributed by atoms with Gasteiger partial charge in [0.25, 0.3) is 5.91 Å². The van der Waals surface area contributed by atoms with Gasteiger partial charge >= 0.3 is 0 Å². The van der Waals surface area contributed by atoms with Crippen LogP contribution < -0.4 is 14.4 Å². The quantitative estimate of drug-likeness (QED) is 0.210. The molecule has 1 N–H and O–H groups in total. The zero-order chi connectivity index (χ0) is 31.3. The van der Waals surface area contributed by atoms with Gasteiger partial charge in [-0.1, -0.05) is 35.9 Å². The van der Waals surface area contributed by atoms with Gasteiger partial charge in [0, 0.05) is 48.4 Å². The molecule has 0 atom stereocenters. The zero-order valence-corrected chi connectivity index (χ0v) is 26.1. The number of carbonyl (C=O) groups is 1. The molecular weight excluding hydrogens is 604 g/mol. The molecule has 0 aliphatic heterocycles. The van der Waals surface area contributed by atoms with Gasteiger partial charge in [-0.2, -0.15) is 0 Å². The van der Waals surface area contributed by atoms with Crippen LogP contribution in [-0.4, -0.2) is 51.8 Å². The van der Waals surface area contributed by atoms with E-state index in [-0.39, 0.29) is 17.3 Å². The largest absolute Gasteiger partial charge is 0.480 e. The van der Waals surface area contributed by atoms with E-state index < -0.39 is 15.8 Å². The molecule has 44 heavy (non-hydrogen) atoms. The second-order valence-electron chi connectivity index (χ2n) is 10.2. The van der Waals surface area contributed by atoms with Gasteiger partial charge < -0.3 is 14.5 Å². The van der Waals surface area contributed by atoms with E-state index in [9.17, 15) is 17.6 Å². The topological polar surface area (TPSA) is 115 Å². The summed E-state index contributed by atoms with van der Waals surface area (Å²) in [6.07, 6.45) is 2.65. The highest BCUT2D eigenvalue weighted by Gasteiger charge is 2.27. The van der Waals surface area contributed by atoms with Gasteiger partial charge in [0.2, 0.25) is 15.9 Å². The molecule has 3 aromatic heterocycles. The maximum Gasteiger partial charge on any atom is 0.255 e. The van der Waals surface area contributed by atoms with E-state index in [0.717, 1.165) is 16.1 Å². The standard InChI is InChI=1S/C32H27FN4O5S2/c1-17-9-11-18(12-10-17)29-27(30(38)34-2)21-14-20(24(15-25(21)42-29)37(3)44(5,39)40)19-13-22(31(41-4)35-16-19)32-36-28-23(33)7-6-8-26(28)43-32/h6-16H,1-5H3,(H,34,38). The van der Waals surface area contributed by atoms with Crippen LogP contribution in [0.2, 0.25) is 0 Å². The van der Waals surface area contributed by atoms with E-state index in [1.807, 2.05) is 31.2 Å². The number of methoxy groups -OCH3 is 1. The summed E-state index contributed by atoms with van der Waals surface area (Å²) >= 11 is 1.28. The van der Waals surface area contributed by atoms with E-state index in [4.69, 9.17) is 9.15 Å². The Bertz CT molecular complexity index is 2190. The number of anilines is 1. The highest BCUT2D eigenvalue weighted by molar-refractivity contribution is 7.92. The summed E-state index contributed by atoms with van der Waals surface area (Å²) in [5, 5.41) is 3.66. The molecule has 9 nitrogen and oxygen atoms in total. The average molecular weight is 631 g/mol. The molecule has 0 aliphatic rings. The number of hydrogen-bond donors (Lipinski definition) is 1. The summed E-state index contributed by atoms with van der Waals surface area (Å²) in [7, 11) is 0.733. The number of nitrogens with one attached hydrogen (secondary N) is 1. The molecule has 0 saturated heterocycles. The Balaban J connectivity index is 1.64. The predicted molar refractivity (Wildman–Crippen MR) is 171 cm³/mol. The lowest BCUT2D eigenvalue weighted by molar-refractivity contribution is 0.0964. The van der Waals surface area contributed by atoms with Crippen molar-refractivity contribution in [1.29, 1.82) is 0 Å².